The summed E-state index contributed by atoms with van der Waals surface area (Å²) in [4.78, 5) is 2.18. The topological polar surface area (TPSA) is 92.6 Å². The summed E-state index contributed by atoms with van der Waals surface area (Å²) >= 11 is 0. The zero-order valence-corrected chi connectivity index (χ0v) is 17.3. The van der Waals surface area contributed by atoms with Crippen LogP contribution in [0.2, 0.25) is 0 Å². The first-order valence-electron chi connectivity index (χ1n) is 9.13. The summed E-state index contributed by atoms with van der Waals surface area (Å²) in [6.45, 7) is 7.98. The first kappa shape index (κ1) is 19.6. The van der Waals surface area contributed by atoms with E-state index in [1.54, 1.807) is 4.31 Å². The Balaban J connectivity index is 1.75. The van der Waals surface area contributed by atoms with Gasteiger partial charge in [-0.15, -0.1) is 0 Å². The first-order valence-corrected chi connectivity index (χ1v) is 12.6. The van der Waals surface area contributed by atoms with E-state index in [0.29, 0.717) is 39.0 Å². The fourth-order valence-electron chi connectivity index (χ4n) is 4.01. The number of aryl methyl sites for hydroxylation is 1. The maximum Gasteiger partial charge on any atom is 0.214 e. The van der Waals surface area contributed by atoms with Crippen molar-refractivity contribution >= 4 is 25.5 Å². The summed E-state index contributed by atoms with van der Waals surface area (Å²) in [5.74, 6) is 0.565. The molecular formula is C16H28N4O4S2. The van der Waals surface area contributed by atoms with Gasteiger partial charge < -0.3 is 4.90 Å². The normalized spacial score (nSPS) is 24.3. The van der Waals surface area contributed by atoms with Gasteiger partial charge in [-0.1, -0.05) is 6.92 Å². The number of sulfone groups is 1. The number of nitrogens with zero attached hydrogens (tertiary/aromatic N) is 4. The highest BCUT2D eigenvalue weighted by Crippen LogP contribution is 2.31. The Kier molecular flexibility index (Phi) is 5.38. The highest BCUT2D eigenvalue weighted by atomic mass is 32.2. The van der Waals surface area contributed by atoms with Crippen LogP contribution in [0.5, 0.6) is 0 Å². The predicted octanol–water partition coefficient (Wildman–Crippen LogP) is 0.721. The van der Waals surface area contributed by atoms with E-state index in [1.165, 1.54) is 0 Å². The van der Waals surface area contributed by atoms with Crippen LogP contribution < -0.4 is 4.90 Å². The quantitative estimate of drug-likeness (QED) is 0.718. The lowest BCUT2D eigenvalue weighted by Crippen LogP contribution is -2.49. The molecule has 0 saturated carbocycles. The largest absolute Gasteiger partial charge is 0.366 e. The van der Waals surface area contributed by atoms with Crippen molar-refractivity contribution in [3.8, 4) is 0 Å². The molecule has 8 nitrogen and oxygen atoms in total. The molecule has 3 heterocycles. The molecule has 2 saturated heterocycles. The molecule has 0 aromatic carbocycles. The number of anilines is 1. The smallest absolute Gasteiger partial charge is 0.214 e. The van der Waals surface area contributed by atoms with Crippen LogP contribution in [0, 0.1) is 13.8 Å². The highest BCUT2D eigenvalue weighted by Gasteiger charge is 2.33. The molecule has 0 amide bonds. The van der Waals surface area contributed by atoms with Gasteiger partial charge in [0.1, 0.15) is 0 Å². The third-order valence-corrected chi connectivity index (χ3v) is 9.08. The van der Waals surface area contributed by atoms with Crippen molar-refractivity contribution in [2.24, 2.45) is 0 Å². The molecule has 148 valence electrons. The molecular weight excluding hydrogens is 376 g/mol. The molecule has 26 heavy (non-hydrogen) atoms. The van der Waals surface area contributed by atoms with Crippen LogP contribution in [0.15, 0.2) is 0 Å². The SMILES string of the molecule is CCCS(=O)(=O)N1CCN(c2c(C)nn(C3CCS(=O)(=O)C3)c2C)CC1. The second-order valence-electron chi connectivity index (χ2n) is 7.22. The fourth-order valence-corrected chi connectivity index (χ4v) is 7.20. The van der Waals surface area contributed by atoms with Crippen molar-refractivity contribution < 1.29 is 16.8 Å². The van der Waals surface area contributed by atoms with Crippen molar-refractivity contribution in [3.63, 3.8) is 0 Å². The molecule has 2 aliphatic rings. The second kappa shape index (κ2) is 7.12. The van der Waals surface area contributed by atoms with E-state index in [1.807, 2.05) is 25.5 Å². The molecule has 0 radical (unpaired) electrons. The lowest BCUT2D eigenvalue weighted by atomic mass is 10.2. The molecule has 3 rings (SSSR count). The van der Waals surface area contributed by atoms with Gasteiger partial charge in [0, 0.05) is 26.2 Å². The van der Waals surface area contributed by atoms with Gasteiger partial charge in [0.05, 0.1) is 40.4 Å². The molecule has 2 aliphatic heterocycles. The molecule has 2 fully saturated rings. The Labute approximate surface area is 156 Å². The van der Waals surface area contributed by atoms with Crippen molar-refractivity contribution in [3.05, 3.63) is 11.4 Å². The third kappa shape index (κ3) is 3.77. The molecule has 0 aliphatic carbocycles. The van der Waals surface area contributed by atoms with Crippen LogP contribution in [0.3, 0.4) is 0 Å². The molecule has 0 bridgehead atoms. The molecule has 0 N–H and O–H groups in total. The number of hydrogen-bond donors (Lipinski definition) is 0. The zero-order chi connectivity index (χ0) is 19.1. The lowest BCUT2D eigenvalue weighted by Gasteiger charge is -2.35. The fraction of sp³-hybridized carbons (Fsp3) is 0.812. The van der Waals surface area contributed by atoms with Crippen molar-refractivity contribution in [2.75, 3.05) is 48.3 Å². The zero-order valence-electron chi connectivity index (χ0n) is 15.7. The highest BCUT2D eigenvalue weighted by molar-refractivity contribution is 7.91. The van der Waals surface area contributed by atoms with Gasteiger partial charge in [0.2, 0.25) is 10.0 Å². The number of sulfonamides is 1. The van der Waals surface area contributed by atoms with Gasteiger partial charge in [0.25, 0.3) is 0 Å². The van der Waals surface area contributed by atoms with Crippen LogP contribution in [-0.2, 0) is 19.9 Å². The number of hydrogen-bond acceptors (Lipinski definition) is 6. The van der Waals surface area contributed by atoms with E-state index in [2.05, 4.69) is 10.00 Å². The third-order valence-electron chi connectivity index (χ3n) is 5.25. The van der Waals surface area contributed by atoms with Gasteiger partial charge in [-0.3, -0.25) is 4.68 Å². The van der Waals surface area contributed by atoms with Gasteiger partial charge in [0.15, 0.2) is 9.84 Å². The van der Waals surface area contributed by atoms with Gasteiger partial charge in [-0.05, 0) is 26.7 Å². The van der Waals surface area contributed by atoms with Gasteiger partial charge in [-0.25, -0.2) is 16.8 Å². The van der Waals surface area contributed by atoms with Gasteiger partial charge in [-0.2, -0.15) is 9.40 Å². The van der Waals surface area contributed by atoms with Crippen LogP contribution in [0.25, 0.3) is 0 Å². The Bertz CT molecular complexity index is 868. The summed E-state index contributed by atoms with van der Waals surface area (Å²) < 4.78 is 51.5. The van der Waals surface area contributed by atoms with E-state index < -0.39 is 19.9 Å². The molecule has 10 heteroatoms. The van der Waals surface area contributed by atoms with Crippen LogP contribution in [-0.4, -0.2) is 74.4 Å². The average molecular weight is 405 g/mol. The Morgan fingerprint density at radius 1 is 1.15 bits per heavy atom. The van der Waals surface area contributed by atoms with E-state index >= 15 is 0 Å². The molecule has 1 aromatic rings. The van der Waals surface area contributed by atoms with E-state index in [-0.39, 0.29) is 23.3 Å². The summed E-state index contributed by atoms with van der Waals surface area (Å²) in [6.07, 6.45) is 1.23. The van der Waals surface area contributed by atoms with Crippen LogP contribution >= 0.6 is 0 Å². The van der Waals surface area contributed by atoms with Crippen molar-refractivity contribution in [1.29, 1.82) is 0 Å². The van der Waals surface area contributed by atoms with E-state index in [9.17, 15) is 16.8 Å². The molecule has 1 unspecified atom stereocenters. The first-order chi connectivity index (χ1) is 12.1. The molecule has 0 spiro atoms. The summed E-state index contributed by atoms with van der Waals surface area (Å²) in [7, 11) is -6.13. The lowest BCUT2D eigenvalue weighted by molar-refractivity contribution is 0.384. The Morgan fingerprint density at radius 2 is 1.81 bits per heavy atom. The van der Waals surface area contributed by atoms with E-state index in [0.717, 1.165) is 17.1 Å². The minimum absolute atomic E-state index is 0.0985. The number of piperazine rings is 1. The van der Waals surface area contributed by atoms with Crippen LogP contribution in [0.1, 0.15) is 37.2 Å². The Hall–Kier alpha value is -1.13. The standard InChI is InChI=1S/C16H28N4O4S2/c1-4-10-26(23,24)19-8-6-18(7-9-19)16-13(2)17-20(14(16)3)15-5-11-25(21,22)12-15/h15H,4-12H2,1-3H3. The summed E-state index contributed by atoms with van der Waals surface area (Å²) in [5.41, 5.74) is 2.85. The number of aromatic nitrogens is 2. The minimum atomic E-state index is -3.16. The number of rotatable bonds is 5. The van der Waals surface area contributed by atoms with E-state index in [4.69, 9.17) is 0 Å². The van der Waals surface area contributed by atoms with Crippen molar-refractivity contribution in [1.82, 2.24) is 14.1 Å². The second-order valence-corrected chi connectivity index (χ2v) is 11.5. The molecule has 1 atom stereocenters. The van der Waals surface area contributed by atoms with Crippen molar-refractivity contribution in [2.45, 2.75) is 39.7 Å². The molecule has 1 aromatic heterocycles. The predicted molar refractivity (Wildman–Crippen MR) is 102 cm³/mol. The summed E-state index contributed by atoms with van der Waals surface area (Å²) in [5, 5.41) is 4.61. The Morgan fingerprint density at radius 3 is 2.35 bits per heavy atom. The van der Waals surface area contributed by atoms with Crippen LogP contribution in [0.4, 0.5) is 5.69 Å². The maximum absolute atomic E-state index is 12.2. The maximum atomic E-state index is 12.2. The van der Waals surface area contributed by atoms with Gasteiger partial charge >= 0.3 is 0 Å². The average Bonchev–Trinajstić information content (AvgIpc) is 3.06. The minimum Gasteiger partial charge on any atom is -0.366 e. The summed E-state index contributed by atoms with van der Waals surface area (Å²) in [6, 6.07) is -0.0985. The monoisotopic (exact) mass is 404 g/mol.